The van der Waals surface area contributed by atoms with Crippen LogP contribution in [0.25, 0.3) is 0 Å². The number of rotatable bonds is 4. The zero-order chi connectivity index (χ0) is 11.6. The first-order chi connectivity index (χ1) is 7.59. The van der Waals surface area contributed by atoms with Crippen molar-refractivity contribution in [3.8, 4) is 0 Å². The van der Waals surface area contributed by atoms with E-state index in [1.165, 1.54) is 6.07 Å². The van der Waals surface area contributed by atoms with Gasteiger partial charge in [0.2, 0.25) is 0 Å². The zero-order valence-corrected chi connectivity index (χ0v) is 8.97. The molecule has 0 saturated heterocycles. The molecule has 0 heterocycles. The van der Waals surface area contributed by atoms with Gasteiger partial charge in [-0.2, -0.15) is 0 Å². The van der Waals surface area contributed by atoms with Crippen LogP contribution in [0.5, 0.6) is 0 Å². The summed E-state index contributed by atoms with van der Waals surface area (Å²) in [4.78, 5) is 0. The van der Waals surface area contributed by atoms with Crippen molar-refractivity contribution < 1.29 is 13.9 Å². The van der Waals surface area contributed by atoms with Crippen molar-refractivity contribution in [2.24, 2.45) is 0 Å². The Morgan fingerprint density at radius 1 is 1.31 bits per heavy atom. The Hall–Kier alpha value is -1.00. The highest BCUT2D eigenvalue weighted by Gasteiger charge is 2.33. The molecule has 0 spiro atoms. The second-order valence-corrected chi connectivity index (χ2v) is 4.42. The van der Waals surface area contributed by atoms with Crippen molar-refractivity contribution in [1.29, 1.82) is 0 Å². The van der Waals surface area contributed by atoms with Crippen LogP contribution in [0.1, 0.15) is 24.8 Å². The Kier molecular flexibility index (Phi) is 3.21. The summed E-state index contributed by atoms with van der Waals surface area (Å²) in [6.07, 6.45) is 2.60. The highest BCUT2D eigenvalue weighted by molar-refractivity contribution is 5.18. The lowest BCUT2D eigenvalue weighted by atomic mass is 9.80. The molecule has 2 N–H and O–H groups in total. The van der Waals surface area contributed by atoms with Crippen LogP contribution in [-0.2, 0) is 6.54 Å². The van der Waals surface area contributed by atoms with Crippen LogP contribution in [0, 0.1) is 11.6 Å². The molecule has 88 valence electrons. The fraction of sp³-hybridized carbons (Fsp3) is 0.500. The normalized spacial score (nSPS) is 18.2. The molecule has 1 aliphatic rings. The molecule has 0 amide bonds. The lowest BCUT2D eigenvalue weighted by Gasteiger charge is -2.36. The highest BCUT2D eigenvalue weighted by atomic mass is 19.1. The molecule has 2 rings (SSSR count). The number of halogens is 2. The average Bonchev–Trinajstić information content (AvgIpc) is 2.21. The molecule has 0 bridgehead atoms. The summed E-state index contributed by atoms with van der Waals surface area (Å²) in [6.45, 7) is 0.675. The van der Waals surface area contributed by atoms with Gasteiger partial charge in [0, 0.05) is 18.7 Å². The molecule has 16 heavy (non-hydrogen) atoms. The summed E-state index contributed by atoms with van der Waals surface area (Å²) in [5, 5.41) is 12.7. The van der Waals surface area contributed by atoms with Crippen LogP contribution < -0.4 is 5.32 Å². The Balaban J connectivity index is 1.87. The van der Waals surface area contributed by atoms with Gasteiger partial charge in [0.15, 0.2) is 0 Å². The van der Waals surface area contributed by atoms with Crippen molar-refractivity contribution >= 4 is 0 Å². The van der Waals surface area contributed by atoms with Gasteiger partial charge >= 0.3 is 0 Å². The van der Waals surface area contributed by atoms with Gasteiger partial charge in [-0.1, -0.05) is 0 Å². The molecule has 1 fully saturated rings. The van der Waals surface area contributed by atoms with Crippen molar-refractivity contribution in [1.82, 2.24) is 5.32 Å². The summed E-state index contributed by atoms with van der Waals surface area (Å²) in [5.74, 6) is -0.866. The van der Waals surface area contributed by atoms with E-state index in [1.807, 2.05) is 0 Å². The summed E-state index contributed by atoms with van der Waals surface area (Å²) in [7, 11) is 0. The molecular formula is C12H15F2NO. The Bertz CT molecular complexity index is 377. The van der Waals surface area contributed by atoms with Gasteiger partial charge in [0.1, 0.15) is 11.6 Å². The first-order valence-electron chi connectivity index (χ1n) is 5.46. The van der Waals surface area contributed by atoms with Crippen molar-refractivity contribution in [3.63, 3.8) is 0 Å². The van der Waals surface area contributed by atoms with Gasteiger partial charge < -0.3 is 10.4 Å². The van der Waals surface area contributed by atoms with E-state index >= 15 is 0 Å². The molecule has 4 heteroatoms. The molecule has 0 atom stereocenters. The Morgan fingerprint density at radius 3 is 2.69 bits per heavy atom. The van der Waals surface area contributed by atoms with Crippen molar-refractivity contribution in [2.45, 2.75) is 31.4 Å². The van der Waals surface area contributed by atoms with Crippen molar-refractivity contribution in [2.75, 3.05) is 6.54 Å². The van der Waals surface area contributed by atoms with Gasteiger partial charge in [-0.15, -0.1) is 0 Å². The summed E-state index contributed by atoms with van der Waals surface area (Å²) in [6, 6.07) is 3.38. The predicted octanol–water partition coefficient (Wildman–Crippen LogP) is 1.97. The fourth-order valence-electron chi connectivity index (χ4n) is 1.87. The first kappa shape index (κ1) is 11.5. The molecule has 0 radical (unpaired) electrons. The van der Waals surface area contributed by atoms with E-state index in [1.54, 1.807) is 0 Å². The molecule has 0 aromatic heterocycles. The van der Waals surface area contributed by atoms with E-state index in [0.29, 0.717) is 12.1 Å². The van der Waals surface area contributed by atoms with Gasteiger partial charge in [-0.25, -0.2) is 8.78 Å². The van der Waals surface area contributed by atoms with E-state index in [2.05, 4.69) is 5.32 Å². The monoisotopic (exact) mass is 227 g/mol. The maximum absolute atomic E-state index is 13.2. The number of hydrogen-bond donors (Lipinski definition) is 2. The Labute approximate surface area is 93.3 Å². The van der Waals surface area contributed by atoms with Crippen LogP contribution in [-0.4, -0.2) is 17.3 Å². The number of benzene rings is 1. The van der Waals surface area contributed by atoms with E-state index < -0.39 is 17.2 Å². The average molecular weight is 227 g/mol. The molecule has 1 aromatic rings. The van der Waals surface area contributed by atoms with Crippen LogP contribution >= 0.6 is 0 Å². The molecule has 1 aliphatic carbocycles. The molecule has 1 aromatic carbocycles. The Morgan fingerprint density at radius 2 is 2.06 bits per heavy atom. The first-order valence-corrected chi connectivity index (χ1v) is 5.46. The van der Waals surface area contributed by atoms with Gasteiger partial charge in [0.25, 0.3) is 0 Å². The molecule has 1 saturated carbocycles. The minimum absolute atomic E-state index is 0.242. The van der Waals surface area contributed by atoms with Crippen LogP contribution in [0.15, 0.2) is 18.2 Å². The quantitative estimate of drug-likeness (QED) is 0.824. The molecule has 2 nitrogen and oxygen atoms in total. The summed E-state index contributed by atoms with van der Waals surface area (Å²) in [5.41, 5.74) is -0.341. The largest absolute Gasteiger partial charge is 0.389 e. The maximum Gasteiger partial charge on any atom is 0.127 e. The van der Waals surface area contributed by atoms with Crippen molar-refractivity contribution in [3.05, 3.63) is 35.4 Å². The smallest absolute Gasteiger partial charge is 0.127 e. The molecule has 0 aliphatic heterocycles. The molecular weight excluding hydrogens is 212 g/mol. The van der Waals surface area contributed by atoms with E-state index in [4.69, 9.17) is 0 Å². The summed E-state index contributed by atoms with van der Waals surface area (Å²) >= 11 is 0. The van der Waals surface area contributed by atoms with E-state index in [-0.39, 0.29) is 6.54 Å². The van der Waals surface area contributed by atoms with Crippen LogP contribution in [0.2, 0.25) is 0 Å². The topological polar surface area (TPSA) is 32.3 Å². The van der Waals surface area contributed by atoms with Gasteiger partial charge in [-0.3, -0.25) is 0 Å². The highest BCUT2D eigenvalue weighted by Crippen LogP contribution is 2.30. The minimum Gasteiger partial charge on any atom is -0.389 e. The van der Waals surface area contributed by atoms with Crippen LogP contribution in [0.3, 0.4) is 0 Å². The lowest BCUT2D eigenvalue weighted by Crippen LogP contribution is -2.46. The third-order valence-electron chi connectivity index (χ3n) is 3.06. The fourth-order valence-corrected chi connectivity index (χ4v) is 1.87. The van der Waals surface area contributed by atoms with Gasteiger partial charge in [0.05, 0.1) is 5.60 Å². The summed E-state index contributed by atoms with van der Waals surface area (Å²) < 4.78 is 26.1. The minimum atomic E-state index is -0.635. The SMILES string of the molecule is OC1(CNCc2cc(F)ccc2F)CCC1. The number of hydrogen-bond acceptors (Lipinski definition) is 2. The standard InChI is InChI=1S/C12H15F2NO/c13-10-2-3-11(14)9(6-10)7-15-8-12(16)4-1-5-12/h2-3,6,15-16H,1,4-5,7-8H2. The second-order valence-electron chi connectivity index (χ2n) is 4.42. The molecule has 0 unspecified atom stereocenters. The van der Waals surface area contributed by atoms with Gasteiger partial charge in [-0.05, 0) is 37.5 Å². The van der Waals surface area contributed by atoms with E-state index in [9.17, 15) is 13.9 Å². The van der Waals surface area contributed by atoms with Crippen LogP contribution in [0.4, 0.5) is 8.78 Å². The predicted molar refractivity (Wildman–Crippen MR) is 56.9 cm³/mol. The van der Waals surface area contributed by atoms with E-state index in [0.717, 1.165) is 31.4 Å². The third kappa shape index (κ3) is 2.57. The number of aliphatic hydroxyl groups is 1. The lowest BCUT2D eigenvalue weighted by molar-refractivity contribution is -0.0315. The maximum atomic E-state index is 13.2. The second kappa shape index (κ2) is 4.47. The number of nitrogens with one attached hydrogen (secondary N) is 1. The zero-order valence-electron chi connectivity index (χ0n) is 8.97. The third-order valence-corrected chi connectivity index (χ3v) is 3.06.